The molecular weight excluding hydrogens is 428 g/mol. The molecule has 0 unspecified atom stereocenters. The number of benzene rings is 2. The second-order valence-corrected chi connectivity index (χ2v) is 7.53. The quantitative estimate of drug-likeness (QED) is 0.550. The number of rotatable bonds is 5. The number of halogens is 1. The average molecular weight is 449 g/mol. The van der Waals surface area contributed by atoms with Gasteiger partial charge in [-0.05, 0) is 45.8 Å². The first-order valence-corrected chi connectivity index (χ1v) is 9.58. The van der Waals surface area contributed by atoms with Crippen molar-refractivity contribution in [2.75, 3.05) is 0 Å². The molecule has 0 saturated carbocycles. The molecule has 0 saturated heterocycles. The SMILES string of the molecule is C[C@@H](NC(=O)C1=C[C@@H](Oc2ccc3ccccc3c2Br)[C@H](O)[C@H](O)C1)C(N)=O. The summed E-state index contributed by atoms with van der Waals surface area (Å²) in [4.78, 5) is 23.5. The Morgan fingerprint density at radius 3 is 2.68 bits per heavy atom. The maximum atomic E-state index is 12.4. The summed E-state index contributed by atoms with van der Waals surface area (Å²) in [6.07, 6.45) is -1.92. The van der Waals surface area contributed by atoms with E-state index in [9.17, 15) is 19.8 Å². The predicted octanol–water partition coefficient (Wildman–Crippen LogP) is 1.39. The van der Waals surface area contributed by atoms with Gasteiger partial charge in [-0.2, -0.15) is 0 Å². The fraction of sp³-hybridized carbons (Fsp3) is 0.300. The first-order chi connectivity index (χ1) is 13.3. The molecule has 7 nitrogen and oxygen atoms in total. The lowest BCUT2D eigenvalue weighted by atomic mass is 9.91. The van der Waals surface area contributed by atoms with Crippen molar-refractivity contribution in [1.29, 1.82) is 0 Å². The average Bonchev–Trinajstić information content (AvgIpc) is 2.67. The van der Waals surface area contributed by atoms with E-state index >= 15 is 0 Å². The monoisotopic (exact) mass is 448 g/mol. The lowest BCUT2D eigenvalue weighted by Gasteiger charge is -2.31. The summed E-state index contributed by atoms with van der Waals surface area (Å²) in [6, 6.07) is 10.5. The van der Waals surface area contributed by atoms with Crippen molar-refractivity contribution in [3.05, 3.63) is 52.5 Å². The van der Waals surface area contributed by atoms with E-state index in [2.05, 4.69) is 21.2 Å². The van der Waals surface area contributed by atoms with E-state index in [4.69, 9.17) is 10.5 Å². The zero-order chi connectivity index (χ0) is 20.4. The van der Waals surface area contributed by atoms with E-state index < -0.39 is 36.2 Å². The molecule has 0 aromatic heterocycles. The Morgan fingerprint density at radius 2 is 1.96 bits per heavy atom. The van der Waals surface area contributed by atoms with Gasteiger partial charge in [-0.25, -0.2) is 0 Å². The van der Waals surface area contributed by atoms with Gasteiger partial charge in [-0.1, -0.05) is 30.3 Å². The molecule has 3 rings (SSSR count). The molecule has 0 aliphatic heterocycles. The van der Waals surface area contributed by atoms with Crippen LogP contribution in [0.15, 0.2) is 52.5 Å². The minimum Gasteiger partial charge on any atom is -0.482 e. The first-order valence-electron chi connectivity index (χ1n) is 8.79. The molecule has 148 valence electrons. The van der Waals surface area contributed by atoms with Crippen LogP contribution in [0.5, 0.6) is 5.75 Å². The fourth-order valence-electron chi connectivity index (χ4n) is 3.01. The Hall–Kier alpha value is -2.42. The van der Waals surface area contributed by atoms with Crippen molar-refractivity contribution < 1.29 is 24.5 Å². The van der Waals surface area contributed by atoms with Crippen LogP contribution in [0, 0.1) is 0 Å². The van der Waals surface area contributed by atoms with Gasteiger partial charge < -0.3 is 26.0 Å². The van der Waals surface area contributed by atoms with E-state index in [1.807, 2.05) is 30.3 Å². The Bertz CT molecular complexity index is 945. The minimum atomic E-state index is -1.21. The first kappa shape index (κ1) is 20.3. The molecule has 2 aromatic rings. The zero-order valence-electron chi connectivity index (χ0n) is 15.1. The third-order valence-corrected chi connectivity index (χ3v) is 5.50. The number of aliphatic hydroxyl groups excluding tert-OH is 2. The lowest BCUT2D eigenvalue weighted by Crippen LogP contribution is -2.47. The minimum absolute atomic E-state index is 0.0583. The van der Waals surface area contributed by atoms with Crippen molar-refractivity contribution in [3.8, 4) is 5.75 Å². The standard InChI is InChI=1S/C20H21BrN2O5/c1-10(19(22)26)23-20(27)12-8-14(24)18(25)16(9-12)28-15-7-6-11-4-2-3-5-13(11)17(15)21/h2-7,9-10,14,16,18,24-25H,8H2,1H3,(H2,22,26)(H,23,27)/t10-,14-,16-,18-/m1/s1. The summed E-state index contributed by atoms with van der Waals surface area (Å²) >= 11 is 3.52. The van der Waals surface area contributed by atoms with Crippen molar-refractivity contribution in [3.63, 3.8) is 0 Å². The molecule has 2 aromatic carbocycles. The predicted molar refractivity (Wildman–Crippen MR) is 108 cm³/mol. The highest BCUT2D eigenvalue weighted by molar-refractivity contribution is 9.10. The van der Waals surface area contributed by atoms with Gasteiger partial charge >= 0.3 is 0 Å². The van der Waals surface area contributed by atoms with Gasteiger partial charge in [0.25, 0.3) is 0 Å². The molecular formula is C20H21BrN2O5. The van der Waals surface area contributed by atoms with E-state index in [-0.39, 0.29) is 12.0 Å². The molecule has 0 radical (unpaired) electrons. The number of aliphatic hydroxyl groups is 2. The third kappa shape index (κ3) is 4.19. The van der Waals surface area contributed by atoms with Crippen LogP contribution in [-0.4, -0.2) is 46.4 Å². The number of hydrogen-bond acceptors (Lipinski definition) is 5. The van der Waals surface area contributed by atoms with Gasteiger partial charge in [0.15, 0.2) is 0 Å². The van der Waals surface area contributed by atoms with Crippen LogP contribution in [0.2, 0.25) is 0 Å². The highest BCUT2D eigenvalue weighted by Crippen LogP contribution is 2.35. The number of carbonyl (C=O) groups is 2. The molecule has 5 N–H and O–H groups in total. The van der Waals surface area contributed by atoms with Crippen LogP contribution in [0.3, 0.4) is 0 Å². The molecule has 1 aliphatic carbocycles. The Morgan fingerprint density at radius 1 is 1.25 bits per heavy atom. The second kappa shape index (κ2) is 8.30. The number of primary amides is 1. The molecule has 0 heterocycles. The van der Waals surface area contributed by atoms with Crippen molar-refractivity contribution >= 4 is 38.5 Å². The summed E-state index contributed by atoms with van der Waals surface area (Å²) in [5, 5.41) is 24.9. The van der Waals surface area contributed by atoms with Crippen LogP contribution >= 0.6 is 15.9 Å². The maximum absolute atomic E-state index is 12.4. The van der Waals surface area contributed by atoms with Gasteiger partial charge in [-0.15, -0.1) is 0 Å². The molecule has 0 fully saturated rings. The van der Waals surface area contributed by atoms with Crippen molar-refractivity contribution in [2.45, 2.75) is 37.7 Å². The number of nitrogens with two attached hydrogens (primary N) is 1. The Labute approximate surface area is 170 Å². The number of carbonyl (C=O) groups excluding carboxylic acids is 2. The van der Waals surface area contributed by atoms with E-state index in [1.165, 1.54) is 13.0 Å². The summed E-state index contributed by atoms with van der Waals surface area (Å²) < 4.78 is 6.61. The van der Waals surface area contributed by atoms with Gasteiger partial charge in [0.05, 0.1) is 10.6 Å². The van der Waals surface area contributed by atoms with Crippen LogP contribution in [0.25, 0.3) is 10.8 Å². The fourth-order valence-corrected chi connectivity index (χ4v) is 3.60. The summed E-state index contributed by atoms with van der Waals surface area (Å²) in [5.74, 6) is -0.736. The summed E-state index contributed by atoms with van der Waals surface area (Å²) in [5.41, 5.74) is 5.38. The van der Waals surface area contributed by atoms with Crippen LogP contribution in [0.1, 0.15) is 13.3 Å². The molecule has 4 atom stereocenters. The second-order valence-electron chi connectivity index (χ2n) is 6.73. The Kier molecular flexibility index (Phi) is 6.02. The lowest BCUT2D eigenvalue weighted by molar-refractivity contribution is -0.125. The zero-order valence-corrected chi connectivity index (χ0v) is 16.7. The molecule has 8 heteroatoms. The maximum Gasteiger partial charge on any atom is 0.247 e. The van der Waals surface area contributed by atoms with E-state index in [1.54, 1.807) is 6.07 Å². The number of fused-ring (bicyclic) bond motifs is 1. The molecule has 28 heavy (non-hydrogen) atoms. The Balaban J connectivity index is 1.86. The topological polar surface area (TPSA) is 122 Å². The third-order valence-electron chi connectivity index (χ3n) is 4.68. The highest BCUT2D eigenvalue weighted by Gasteiger charge is 2.35. The van der Waals surface area contributed by atoms with Gasteiger partial charge in [0.2, 0.25) is 11.8 Å². The van der Waals surface area contributed by atoms with E-state index in [0.29, 0.717) is 10.2 Å². The largest absolute Gasteiger partial charge is 0.482 e. The highest BCUT2D eigenvalue weighted by atomic mass is 79.9. The van der Waals surface area contributed by atoms with Crippen LogP contribution < -0.4 is 15.8 Å². The summed E-state index contributed by atoms with van der Waals surface area (Å²) in [6.45, 7) is 1.47. The van der Waals surface area contributed by atoms with Gasteiger partial charge in [0, 0.05) is 12.0 Å². The number of hydrogen-bond donors (Lipinski definition) is 4. The number of ether oxygens (including phenoxy) is 1. The van der Waals surface area contributed by atoms with Gasteiger partial charge in [-0.3, -0.25) is 9.59 Å². The van der Waals surface area contributed by atoms with Crippen molar-refractivity contribution in [1.82, 2.24) is 5.32 Å². The smallest absolute Gasteiger partial charge is 0.247 e. The molecule has 0 spiro atoms. The van der Waals surface area contributed by atoms with Gasteiger partial charge in [0.1, 0.15) is 24.0 Å². The number of amides is 2. The van der Waals surface area contributed by atoms with Crippen LogP contribution in [0.4, 0.5) is 0 Å². The molecule has 0 bridgehead atoms. The number of nitrogens with one attached hydrogen (secondary N) is 1. The normalized spacial score (nSPS) is 23.0. The van der Waals surface area contributed by atoms with Crippen LogP contribution in [-0.2, 0) is 9.59 Å². The molecule has 1 aliphatic rings. The molecule has 2 amide bonds. The van der Waals surface area contributed by atoms with E-state index in [0.717, 1.165) is 10.8 Å². The summed E-state index contributed by atoms with van der Waals surface area (Å²) in [7, 11) is 0. The van der Waals surface area contributed by atoms with Crippen molar-refractivity contribution in [2.24, 2.45) is 5.73 Å².